The Morgan fingerprint density at radius 2 is 2.33 bits per heavy atom. The van der Waals surface area contributed by atoms with Crippen LogP contribution in [0.4, 0.5) is 0 Å². The van der Waals surface area contributed by atoms with Crippen LogP contribution >= 0.6 is 11.6 Å². The van der Waals surface area contributed by atoms with Crippen molar-refractivity contribution in [2.24, 2.45) is 0 Å². The van der Waals surface area contributed by atoms with Gasteiger partial charge in [0.05, 0.1) is 6.61 Å². The number of aliphatic hydroxyl groups excluding tert-OH is 1. The van der Waals surface area contributed by atoms with Crippen LogP contribution < -0.4 is 5.32 Å². The van der Waals surface area contributed by atoms with E-state index in [0.29, 0.717) is 11.3 Å². The van der Waals surface area contributed by atoms with Crippen molar-refractivity contribution in [3.8, 4) is 0 Å². The fraction of sp³-hybridized carbons (Fsp3) is 0.400. The molecular weight excluding hydrogens is 216 g/mol. The molecule has 15 heavy (non-hydrogen) atoms. The molecule has 1 aromatic rings. The second-order valence-corrected chi connectivity index (χ2v) is 3.76. The number of halogens is 1. The lowest BCUT2D eigenvalue weighted by atomic mass is 10.2. The van der Waals surface area contributed by atoms with Crippen LogP contribution in [-0.2, 0) is 0 Å². The number of aromatic nitrogens is 1. The van der Waals surface area contributed by atoms with Gasteiger partial charge in [-0.3, -0.25) is 4.79 Å². The summed E-state index contributed by atoms with van der Waals surface area (Å²) < 4.78 is 0. The molecule has 0 aliphatic carbocycles. The Hall–Kier alpha value is -1.13. The second kappa shape index (κ2) is 5.09. The number of aliphatic hydroxyl groups is 1. The van der Waals surface area contributed by atoms with Crippen molar-refractivity contribution in [3.63, 3.8) is 0 Å². The summed E-state index contributed by atoms with van der Waals surface area (Å²) in [7, 11) is 0. The lowest BCUT2D eigenvalue weighted by molar-refractivity contribution is 0.0922. The average molecular weight is 229 g/mol. The van der Waals surface area contributed by atoms with Gasteiger partial charge in [-0.2, -0.15) is 0 Å². The molecule has 1 heterocycles. The highest BCUT2D eigenvalue weighted by atomic mass is 35.5. The summed E-state index contributed by atoms with van der Waals surface area (Å²) in [4.78, 5) is 15.6. The first kappa shape index (κ1) is 11.9. The van der Waals surface area contributed by atoms with Crippen LogP contribution in [0.1, 0.15) is 23.0 Å². The minimum atomic E-state index is -0.273. The molecule has 5 heteroatoms. The third-order valence-electron chi connectivity index (χ3n) is 1.84. The standard InChI is InChI=1S/C10H13ClN2O2/c1-6-3-8(4-9(11)12-6)10(15)13-7(2)5-14/h3-4,7,14H,5H2,1-2H3,(H,13,15). The molecule has 0 aliphatic heterocycles. The molecule has 0 fully saturated rings. The number of hydrogen-bond donors (Lipinski definition) is 2. The van der Waals surface area contributed by atoms with Crippen LogP contribution in [0, 0.1) is 6.92 Å². The predicted molar refractivity (Wildman–Crippen MR) is 58.0 cm³/mol. The van der Waals surface area contributed by atoms with E-state index in [1.54, 1.807) is 19.9 Å². The number of carbonyl (C=O) groups is 1. The molecule has 2 N–H and O–H groups in total. The topological polar surface area (TPSA) is 62.2 Å². The SMILES string of the molecule is Cc1cc(C(=O)NC(C)CO)cc(Cl)n1. The average Bonchev–Trinajstić information content (AvgIpc) is 2.16. The summed E-state index contributed by atoms with van der Waals surface area (Å²) in [5.74, 6) is -0.260. The predicted octanol–water partition coefficient (Wildman–Crippen LogP) is 1.15. The quantitative estimate of drug-likeness (QED) is 0.763. The molecule has 0 radical (unpaired) electrons. The fourth-order valence-electron chi connectivity index (χ4n) is 1.11. The molecule has 0 saturated heterocycles. The van der Waals surface area contributed by atoms with Crippen molar-refractivity contribution in [2.45, 2.75) is 19.9 Å². The number of hydrogen-bond acceptors (Lipinski definition) is 3. The molecule has 0 aliphatic rings. The maximum atomic E-state index is 11.6. The number of rotatable bonds is 3. The molecule has 1 amide bonds. The third-order valence-corrected chi connectivity index (χ3v) is 2.03. The van der Waals surface area contributed by atoms with Crippen molar-refractivity contribution in [1.82, 2.24) is 10.3 Å². The molecule has 1 unspecified atom stereocenters. The van der Waals surface area contributed by atoms with Gasteiger partial charge < -0.3 is 10.4 Å². The molecule has 0 saturated carbocycles. The summed E-state index contributed by atoms with van der Waals surface area (Å²) in [6, 6.07) is 2.86. The smallest absolute Gasteiger partial charge is 0.251 e. The Balaban J connectivity index is 2.82. The molecule has 82 valence electrons. The van der Waals surface area contributed by atoms with Gasteiger partial charge in [0.2, 0.25) is 0 Å². The lowest BCUT2D eigenvalue weighted by Crippen LogP contribution is -2.35. The molecule has 1 rings (SSSR count). The first-order chi connectivity index (χ1) is 7.02. The summed E-state index contributed by atoms with van der Waals surface area (Å²) in [6.45, 7) is 3.38. The highest BCUT2D eigenvalue weighted by Gasteiger charge is 2.10. The highest BCUT2D eigenvalue weighted by molar-refractivity contribution is 6.29. The lowest BCUT2D eigenvalue weighted by Gasteiger charge is -2.10. The second-order valence-electron chi connectivity index (χ2n) is 3.38. The zero-order valence-corrected chi connectivity index (χ0v) is 9.38. The number of nitrogens with one attached hydrogen (secondary N) is 1. The van der Waals surface area contributed by atoms with E-state index in [-0.39, 0.29) is 23.7 Å². The minimum Gasteiger partial charge on any atom is -0.394 e. The molecule has 4 nitrogen and oxygen atoms in total. The largest absolute Gasteiger partial charge is 0.394 e. The van der Waals surface area contributed by atoms with Gasteiger partial charge in [0.25, 0.3) is 5.91 Å². The zero-order chi connectivity index (χ0) is 11.4. The van der Waals surface area contributed by atoms with Gasteiger partial charge >= 0.3 is 0 Å². The summed E-state index contributed by atoms with van der Waals surface area (Å²) in [5, 5.41) is 11.7. The van der Waals surface area contributed by atoms with Gasteiger partial charge in [-0.1, -0.05) is 11.6 Å². The summed E-state index contributed by atoms with van der Waals surface area (Å²) in [6.07, 6.45) is 0. The molecule has 0 bridgehead atoms. The van der Waals surface area contributed by atoms with E-state index in [9.17, 15) is 4.79 Å². The maximum Gasteiger partial charge on any atom is 0.251 e. The number of carbonyl (C=O) groups excluding carboxylic acids is 1. The first-order valence-electron chi connectivity index (χ1n) is 4.59. The van der Waals surface area contributed by atoms with Gasteiger partial charge in [-0.25, -0.2) is 4.98 Å². The Morgan fingerprint density at radius 1 is 1.67 bits per heavy atom. The van der Waals surface area contributed by atoms with E-state index in [0.717, 1.165) is 0 Å². The highest BCUT2D eigenvalue weighted by Crippen LogP contribution is 2.10. The van der Waals surface area contributed by atoms with Crippen LogP contribution in [0.3, 0.4) is 0 Å². The first-order valence-corrected chi connectivity index (χ1v) is 4.96. The van der Waals surface area contributed by atoms with Crippen LogP contribution in [-0.4, -0.2) is 28.6 Å². The minimum absolute atomic E-state index is 0.0937. The van der Waals surface area contributed by atoms with Crippen molar-refractivity contribution in [3.05, 3.63) is 28.5 Å². The molecule has 0 aromatic carbocycles. The van der Waals surface area contributed by atoms with Gasteiger partial charge in [0.1, 0.15) is 5.15 Å². The molecule has 0 spiro atoms. The van der Waals surface area contributed by atoms with Crippen LogP contribution in [0.2, 0.25) is 5.15 Å². The van der Waals surface area contributed by atoms with Crippen molar-refractivity contribution >= 4 is 17.5 Å². The summed E-state index contributed by atoms with van der Waals surface area (Å²) >= 11 is 5.72. The van der Waals surface area contributed by atoms with Gasteiger partial charge in [-0.15, -0.1) is 0 Å². The Kier molecular flexibility index (Phi) is 4.05. The Morgan fingerprint density at radius 3 is 2.87 bits per heavy atom. The third kappa shape index (κ3) is 3.49. The van der Waals surface area contributed by atoms with E-state index in [4.69, 9.17) is 16.7 Å². The van der Waals surface area contributed by atoms with Crippen molar-refractivity contribution in [2.75, 3.05) is 6.61 Å². The van der Waals surface area contributed by atoms with Crippen molar-refractivity contribution in [1.29, 1.82) is 0 Å². The Labute approximate surface area is 93.3 Å². The van der Waals surface area contributed by atoms with E-state index >= 15 is 0 Å². The van der Waals surface area contributed by atoms with Crippen LogP contribution in [0.25, 0.3) is 0 Å². The fourth-order valence-corrected chi connectivity index (χ4v) is 1.36. The van der Waals surface area contributed by atoms with E-state index < -0.39 is 0 Å². The van der Waals surface area contributed by atoms with Gasteiger partial charge in [0, 0.05) is 17.3 Å². The zero-order valence-electron chi connectivity index (χ0n) is 8.62. The number of pyridine rings is 1. The summed E-state index contributed by atoms with van der Waals surface area (Å²) in [5.41, 5.74) is 1.14. The Bertz CT molecular complexity index is 348. The molecule has 1 aromatic heterocycles. The number of amides is 1. The van der Waals surface area contributed by atoms with Crippen LogP contribution in [0.15, 0.2) is 12.1 Å². The van der Waals surface area contributed by atoms with E-state index in [2.05, 4.69) is 10.3 Å². The van der Waals surface area contributed by atoms with Gasteiger partial charge in [-0.05, 0) is 26.0 Å². The van der Waals surface area contributed by atoms with Crippen LogP contribution in [0.5, 0.6) is 0 Å². The van der Waals surface area contributed by atoms with E-state index in [1.165, 1.54) is 6.07 Å². The maximum absolute atomic E-state index is 11.6. The number of nitrogens with zero attached hydrogens (tertiary/aromatic N) is 1. The van der Waals surface area contributed by atoms with E-state index in [1.807, 2.05) is 0 Å². The molecular formula is C10H13ClN2O2. The normalized spacial score (nSPS) is 12.3. The molecule has 1 atom stereocenters. The monoisotopic (exact) mass is 228 g/mol. The van der Waals surface area contributed by atoms with Gasteiger partial charge in [0.15, 0.2) is 0 Å². The van der Waals surface area contributed by atoms with Crippen molar-refractivity contribution < 1.29 is 9.90 Å². The number of aryl methyl sites for hydroxylation is 1.